The highest BCUT2D eigenvalue weighted by atomic mass is 35.5. The molecule has 6 nitrogen and oxygen atoms in total. The molecule has 2 heterocycles. The number of carbonyl (C=O) groups excluding carboxylic acids is 1. The number of nitrogens with one attached hydrogen (secondary N) is 1. The summed E-state index contributed by atoms with van der Waals surface area (Å²) in [6.07, 6.45) is 2.60. The number of benzene rings is 1. The van der Waals surface area contributed by atoms with E-state index < -0.39 is 10.0 Å². The minimum atomic E-state index is -3.57. The number of ether oxygens (including phenoxy) is 1. The predicted molar refractivity (Wildman–Crippen MR) is 90.3 cm³/mol. The number of amides is 1. The fourth-order valence-corrected chi connectivity index (χ4v) is 4.53. The van der Waals surface area contributed by atoms with Gasteiger partial charge >= 0.3 is 0 Å². The molecule has 2 fully saturated rings. The van der Waals surface area contributed by atoms with E-state index in [1.54, 1.807) is 17.0 Å². The van der Waals surface area contributed by atoms with Crippen LogP contribution >= 0.6 is 11.6 Å². The van der Waals surface area contributed by atoms with Crippen molar-refractivity contribution in [1.29, 1.82) is 0 Å². The summed E-state index contributed by atoms with van der Waals surface area (Å²) in [6, 6.07) is 5.92. The predicted octanol–water partition coefficient (Wildman–Crippen LogP) is 1.79. The Bertz CT molecular complexity index is 679. The molecule has 0 aliphatic carbocycles. The van der Waals surface area contributed by atoms with Gasteiger partial charge in [-0.15, -0.1) is 0 Å². The molecule has 2 aliphatic heterocycles. The van der Waals surface area contributed by atoms with Gasteiger partial charge in [0, 0.05) is 30.8 Å². The Hall–Kier alpha value is -1.15. The number of rotatable bonds is 4. The Morgan fingerprint density at radius 3 is 2.42 bits per heavy atom. The molecule has 8 heteroatoms. The number of hydrogen-bond donors (Lipinski definition) is 1. The second-order valence-corrected chi connectivity index (χ2v) is 8.33. The lowest BCUT2D eigenvalue weighted by Gasteiger charge is -2.33. The maximum Gasteiger partial charge on any atom is 0.251 e. The highest BCUT2D eigenvalue weighted by Crippen LogP contribution is 2.20. The zero-order valence-electron chi connectivity index (χ0n) is 13.3. The molecule has 0 bridgehead atoms. The van der Waals surface area contributed by atoms with Crippen LogP contribution in [-0.4, -0.2) is 51.1 Å². The summed E-state index contributed by atoms with van der Waals surface area (Å²) in [6.45, 7) is 1.74. The molecule has 1 N–H and O–H groups in total. The van der Waals surface area contributed by atoms with Crippen molar-refractivity contribution in [3.05, 3.63) is 29.3 Å². The van der Waals surface area contributed by atoms with Crippen molar-refractivity contribution in [2.75, 3.05) is 19.7 Å². The van der Waals surface area contributed by atoms with E-state index in [9.17, 15) is 13.2 Å². The molecule has 1 unspecified atom stereocenters. The van der Waals surface area contributed by atoms with Gasteiger partial charge in [-0.1, -0.05) is 11.6 Å². The van der Waals surface area contributed by atoms with Crippen molar-refractivity contribution >= 4 is 27.5 Å². The van der Waals surface area contributed by atoms with Crippen molar-refractivity contribution < 1.29 is 17.9 Å². The summed E-state index contributed by atoms with van der Waals surface area (Å²) in [5.74, 6) is 0.0338. The maximum atomic E-state index is 12.4. The minimum Gasteiger partial charge on any atom is -0.368 e. The maximum absolute atomic E-state index is 12.4. The second kappa shape index (κ2) is 7.39. The zero-order valence-corrected chi connectivity index (χ0v) is 14.9. The van der Waals surface area contributed by atoms with Crippen molar-refractivity contribution in [3.63, 3.8) is 0 Å². The van der Waals surface area contributed by atoms with Crippen molar-refractivity contribution in [3.8, 4) is 0 Å². The van der Waals surface area contributed by atoms with Crippen LogP contribution in [0.5, 0.6) is 0 Å². The Morgan fingerprint density at radius 2 is 1.83 bits per heavy atom. The molecule has 1 aromatic carbocycles. The molecule has 1 amide bonds. The molecule has 1 aromatic rings. The lowest BCUT2D eigenvalue weighted by Crippen LogP contribution is -2.49. The van der Waals surface area contributed by atoms with Crippen LogP contribution in [0.25, 0.3) is 0 Å². The van der Waals surface area contributed by atoms with E-state index in [4.69, 9.17) is 16.3 Å². The van der Waals surface area contributed by atoms with E-state index in [2.05, 4.69) is 4.72 Å². The van der Waals surface area contributed by atoms with Crippen LogP contribution in [-0.2, 0) is 19.6 Å². The summed E-state index contributed by atoms with van der Waals surface area (Å²) in [5, 5.41) is 0.495. The Kier molecular flexibility index (Phi) is 5.44. The van der Waals surface area contributed by atoms with Gasteiger partial charge in [0.25, 0.3) is 5.91 Å². The van der Waals surface area contributed by atoms with Crippen LogP contribution in [0.2, 0.25) is 5.02 Å². The zero-order chi connectivity index (χ0) is 17.2. The third-order valence-electron chi connectivity index (χ3n) is 4.46. The van der Waals surface area contributed by atoms with Crippen molar-refractivity contribution in [2.45, 2.75) is 42.7 Å². The normalized spacial score (nSPS) is 22.7. The first kappa shape index (κ1) is 17.7. The van der Waals surface area contributed by atoms with Gasteiger partial charge in [0.05, 0.1) is 4.90 Å². The largest absolute Gasteiger partial charge is 0.368 e. The van der Waals surface area contributed by atoms with E-state index >= 15 is 0 Å². The van der Waals surface area contributed by atoms with E-state index in [0.29, 0.717) is 37.6 Å². The van der Waals surface area contributed by atoms with Gasteiger partial charge in [0.2, 0.25) is 10.0 Å². The molecule has 1 atom stereocenters. The van der Waals surface area contributed by atoms with Gasteiger partial charge in [0.15, 0.2) is 0 Å². The van der Waals surface area contributed by atoms with Crippen LogP contribution in [0.15, 0.2) is 29.2 Å². The number of hydrogen-bond acceptors (Lipinski definition) is 4. The highest BCUT2D eigenvalue weighted by molar-refractivity contribution is 7.89. The molecule has 3 rings (SSSR count). The number of piperidine rings is 1. The van der Waals surface area contributed by atoms with Crippen LogP contribution in [0.4, 0.5) is 0 Å². The van der Waals surface area contributed by atoms with Crippen LogP contribution in [0.3, 0.4) is 0 Å². The number of carbonyl (C=O) groups is 1. The Morgan fingerprint density at radius 1 is 1.17 bits per heavy atom. The summed E-state index contributed by atoms with van der Waals surface area (Å²) in [7, 11) is -3.57. The fourth-order valence-electron chi connectivity index (χ4n) is 3.09. The summed E-state index contributed by atoms with van der Waals surface area (Å²) < 4.78 is 32.9. The van der Waals surface area contributed by atoms with E-state index in [0.717, 1.165) is 12.8 Å². The average Bonchev–Trinajstić information content (AvgIpc) is 3.09. The SMILES string of the molecule is O=C(C1CCCO1)N1CCC(NS(=O)(=O)c2ccc(Cl)cc2)CC1. The molecular weight excluding hydrogens is 352 g/mol. The molecule has 24 heavy (non-hydrogen) atoms. The van der Waals surface area contributed by atoms with Crippen molar-refractivity contribution in [1.82, 2.24) is 9.62 Å². The first-order valence-electron chi connectivity index (χ1n) is 8.14. The number of sulfonamides is 1. The van der Waals surface area contributed by atoms with E-state index in [-0.39, 0.29) is 22.9 Å². The summed E-state index contributed by atoms with van der Waals surface area (Å²) in [4.78, 5) is 14.3. The fraction of sp³-hybridized carbons (Fsp3) is 0.562. The quantitative estimate of drug-likeness (QED) is 0.874. The third-order valence-corrected chi connectivity index (χ3v) is 6.25. The highest BCUT2D eigenvalue weighted by Gasteiger charge is 2.32. The van der Waals surface area contributed by atoms with Gasteiger partial charge in [-0.05, 0) is 49.9 Å². The topological polar surface area (TPSA) is 75.7 Å². The van der Waals surface area contributed by atoms with Gasteiger partial charge in [0.1, 0.15) is 6.10 Å². The lowest BCUT2D eigenvalue weighted by atomic mass is 10.1. The van der Waals surface area contributed by atoms with Gasteiger partial charge in [-0.2, -0.15) is 0 Å². The van der Waals surface area contributed by atoms with Crippen molar-refractivity contribution in [2.24, 2.45) is 0 Å². The molecule has 2 saturated heterocycles. The number of halogens is 1. The monoisotopic (exact) mass is 372 g/mol. The van der Waals surface area contributed by atoms with E-state index in [1.165, 1.54) is 12.1 Å². The smallest absolute Gasteiger partial charge is 0.251 e. The molecule has 0 aromatic heterocycles. The molecule has 132 valence electrons. The number of likely N-dealkylation sites (tertiary alicyclic amines) is 1. The average molecular weight is 373 g/mol. The Balaban J connectivity index is 1.55. The van der Waals surface area contributed by atoms with Gasteiger partial charge in [-0.3, -0.25) is 4.79 Å². The first-order chi connectivity index (χ1) is 11.5. The van der Waals surface area contributed by atoms with E-state index in [1.807, 2.05) is 0 Å². The third kappa shape index (κ3) is 4.08. The van der Waals surface area contributed by atoms with Crippen LogP contribution < -0.4 is 4.72 Å². The van der Waals surface area contributed by atoms with Gasteiger partial charge < -0.3 is 9.64 Å². The standard InChI is InChI=1S/C16H21ClN2O4S/c17-12-3-5-14(6-4-12)24(21,22)18-13-7-9-19(10-8-13)16(20)15-2-1-11-23-15/h3-6,13,15,18H,1-2,7-11H2. The molecular formula is C16H21ClN2O4S. The molecule has 2 aliphatic rings. The Labute approximate surface area is 147 Å². The minimum absolute atomic E-state index is 0.0338. The van der Waals surface area contributed by atoms with Gasteiger partial charge in [-0.25, -0.2) is 13.1 Å². The first-order valence-corrected chi connectivity index (χ1v) is 10.00. The molecule has 0 saturated carbocycles. The molecule has 0 spiro atoms. The van der Waals surface area contributed by atoms with Crippen LogP contribution in [0, 0.1) is 0 Å². The number of nitrogens with zero attached hydrogens (tertiary/aromatic N) is 1. The summed E-state index contributed by atoms with van der Waals surface area (Å²) >= 11 is 5.79. The lowest BCUT2D eigenvalue weighted by molar-refractivity contribution is -0.142. The second-order valence-electron chi connectivity index (χ2n) is 6.18. The van der Waals surface area contributed by atoms with Crippen LogP contribution in [0.1, 0.15) is 25.7 Å². The summed E-state index contributed by atoms with van der Waals surface area (Å²) in [5.41, 5.74) is 0. The molecule has 0 radical (unpaired) electrons.